The van der Waals surface area contributed by atoms with E-state index >= 15 is 0 Å². The van der Waals surface area contributed by atoms with Gasteiger partial charge in [0.1, 0.15) is 0 Å². The van der Waals surface area contributed by atoms with Crippen LogP contribution in [0.1, 0.15) is 17.5 Å². The van der Waals surface area contributed by atoms with Crippen molar-refractivity contribution in [2.24, 2.45) is 5.73 Å². The molecule has 2 rings (SSSR count). The van der Waals surface area contributed by atoms with Crippen LogP contribution >= 0.6 is 0 Å². The maximum Gasteiger partial charge on any atom is 0.306 e. The van der Waals surface area contributed by atoms with Gasteiger partial charge in [0, 0.05) is 5.56 Å². The van der Waals surface area contributed by atoms with E-state index in [1.807, 2.05) is 12.1 Å². The summed E-state index contributed by atoms with van der Waals surface area (Å²) < 4.78 is 27.9. The van der Waals surface area contributed by atoms with Gasteiger partial charge in [-0.05, 0) is 18.4 Å². The number of amides is 1. The minimum Gasteiger partial charge on any atom is -0.381 e. The first-order chi connectivity index (χ1) is 9.78. The van der Waals surface area contributed by atoms with Crippen LogP contribution in [-0.4, -0.2) is 26.5 Å². The molecule has 0 saturated heterocycles. The molecule has 8 heteroatoms. The number of hydrogen-bond donors (Lipinski definition) is 3. The Kier molecular flexibility index (Phi) is 3.99. The first-order valence-corrected chi connectivity index (χ1v) is 7.96. The van der Waals surface area contributed by atoms with Crippen molar-refractivity contribution in [3.63, 3.8) is 0 Å². The van der Waals surface area contributed by atoms with Gasteiger partial charge in [0.2, 0.25) is 0 Å². The number of carbonyl (C=O) groups excluding carboxylic acids is 1. The third-order valence-corrected chi connectivity index (χ3v) is 3.41. The van der Waals surface area contributed by atoms with Crippen LogP contribution < -0.4 is 11.1 Å². The molecular formula is C13H15N3O4S. The summed E-state index contributed by atoms with van der Waals surface area (Å²) in [5.41, 5.74) is 6.76. The van der Waals surface area contributed by atoms with Gasteiger partial charge < -0.3 is 9.92 Å². The largest absolute Gasteiger partial charge is 0.381 e. The first kappa shape index (κ1) is 15.0. The Bertz CT molecular complexity index is 738. The summed E-state index contributed by atoms with van der Waals surface area (Å²) in [4.78, 5) is 12.0. The second-order valence-electron chi connectivity index (χ2n) is 4.62. The fourth-order valence-electron chi connectivity index (χ4n) is 2.16. The molecule has 1 aromatic carbocycles. The monoisotopic (exact) mass is 309 g/mol. The fraction of sp³-hybridized carbons (Fsp3) is 0.231. The molecule has 0 saturated carbocycles. The van der Waals surface area contributed by atoms with Gasteiger partial charge in [0.05, 0.1) is 11.8 Å². The van der Waals surface area contributed by atoms with E-state index in [2.05, 4.69) is 5.32 Å². The SMILES string of the molecule is CS(=O)(=O)OC1=C(C(=O)NC(=N)N)CCc2ccccc21. The number of benzene rings is 1. The molecule has 0 atom stereocenters. The van der Waals surface area contributed by atoms with Gasteiger partial charge in [-0.2, -0.15) is 8.42 Å². The lowest BCUT2D eigenvalue weighted by Crippen LogP contribution is -2.37. The standard InChI is InChI=1S/C13H15N3O4S/c1-21(18,19)20-11-9-5-3-2-4-8(9)6-7-10(11)12(17)16-13(14)15/h2-5H,6-7H2,1H3,(H4,14,15,16,17). The van der Waals surface area contributed by atoms with Crippen LogP contribution in [0.4, 0.5) is 0 Å². The van der Waals surface area contributed by atoms with Gasteiger partial charge in [0.25, 0.3) is 5.91 Å². The quantitative estimate of drug-likeness (QED) is 0.422. The average Bonchev–Trinajstić information content (AvgIpc) is 2.36. The zero-order valence-electron chi connectivity index (χ0n) is 11.3. The molecule has 0 heterocycles. The highest BCUT2D eigenvalue weighted by Gasteiger charge is 2.27. The van der Waals surface area contributed by atoms with Crippen molar-refractivity contribution >= 4 is 27.7 Å². The number of rotatable bonds is 3. The lowest BCUT2D eigenvalue weighted by Gasteiger charge is -2.21. The maximum absolute atomic E-state index is 12.0. The maximum atomic E-state index is 12.0. The predicted octanol–water partition coefficient (Wildman–Crippen LogP) is 0.330. The fourth-order valence-corrected chi connectivity index (χ4v) is 2.65. The molecule has 1 aliphatic rings. The van der Waals surface area contributed by atoms with E-state index < -0.39 is 22.0 Å². The van der Waals surface area contributed by atoms with Crippen molar-refractivity contribution in [1.29, 1.82) is 5.41 Å². The van der Waals surface area contributed by atoms with Crippen molar-refractivity contribution in [2.75, 3.05) is 6.26 Å². The van der Waals surface area contributed by atoms with Gasteiger partial charge in [-0.1, -0.05) is 24.3 Å². The molecule has 0 aromatic heterocycles. The molecule has 7 nitrogen and oxygen atoms in total. The summed E-state index contributed by atoms with van der Waals surface area (Å²) in [6.45, 7) is 0. The lowest BCUT2D eigenvalue weighted by molar-refractivity contribution is -0.116. The minimum atomic E-state index is -3.78. The van der Waals surface area contributed by atoms with E-state index in [4.69, 9.17) is 15.3 Å². The van der Waals surface area contributed by atoms with Gasteiger partial charge in [0.15, 0.2) is 11.7 Å². The smallest absolute Gasteiger partial charge is 0.306 e. The highest BCUT2D eigenvalue weighted by molar-refractivity contribution is 7.86. The van der Waals surface area contributed by atoms with Crippen molar-refractivity contribution in [3.05, 3.63) is 41.0 Å². The molecular weight excluding hydrogens is 294 g/mol. The summed E-state index contributed by atoms with van der Waals surface area (Å²) in [6.07, 6.45) is 1.80. The van der Waals surface area contributed by atoms with Crippen LogP contribution in [0.3, 0.4) is 0 Å². The van der Waals surface area contributed by atoms with Crippen LogP contribution in [-0.2, 0) is 25.5 Å². The Morgan fingerprint density at radius 3 is 2.62 bits per heavy atom. The van der Waals surface area contributed by atoms with E-state index in [1.165, 1.54) is 0 Å². The molecule has 0 aliphatic heterocycles. The van der Waals surface area contributed by atoms with Crippen molar-refractivity contribution < 1.29 is 17.4 Å². The third kappa shape index (κ3) is 3.60. The van der Waals surface area contributed by atoms with Crippen LogP contribution in [0.2, 0.25) is 0 Å². The Labute approximate surface area is 122 Å². The second kappa shape index (κ2) is 5.57. The summed E-state index contributed by atoms with van der Waals surface area (Å²) >= 11 is 0. The Hall–Kier alpha value is -2.35. The molecule has 0 unspecified atom stereocenters. The molecule has 1 aromatic rings. The zero-order valence-corrected chi connectivity index (χ0v) is 12.2. The zero-order chi connectivity index (χ0) is 15.6. The van der Waals surface area contributed by atoms with Gasteiger partial charge in [-0.15, -0.1) is 0 Å². The molecule has 1 aliphatic carbocycles. The summed E-state index contributed by atoms with van der Waals surface area (Å²) in [5.74, 6) is -1.14. The second-order valence-corrected chi connectivity index (χ2v) is 6.19. The Morgan fingerprint density at radius 1 is 1.33 bits per heavy atom. The number of guanidine groups is 1. The molecule has 0 bridgehead atoms. The van der Waals surface area contributed by atoms with E-state index in [0.29, 0.717) is 18.4 Å². The highest BCUT2D eigenvalue weighted by Crippen LogP contribution is 2.33. The van der Waals surface area contributed by atoms with Crippen LogP contribution in [0, 0.1) is 5.41 Å². The Morgan fingerprint density at radius 2 is 2.00 bits per heavy atom. The first-order valence-electron chi connectivity index (χ1n) is 6.14. The van der Waals surface area contributed by atoms with Crippen molar-refractivity contribution in [2.45, 2.75) is 12.8 Å². The number of nitrogens with one attached hydrogen (secondary N) is 2. The number of nitrogens with two attached hydrogens (primary N) is 1. The number of carbonyl (C=O) groups is 1. The van der Waals surface area contributed by atoms with Crippen molar-refractivity contribution in [1.82, 2.24) is 5.32 Å². The number of hydrogen-bond acceptors (Lipinski definition) is 5. The summed E-state index contributed by atoms with van der Waals surface area (Å²) in [6, 6.07) is 7.10. The minimum absolute atomic E-state index is 0.00176. The molecule has 112 valence electrons. The molecule has 0 spiro atoms. The van der Waals surface area contributed by atoms with Crippen LogP contribution in [0.5, 0.6) is 0 Å². The van der Waals surface area contributed by atoms with Crippen LogP contribution in [0.25, 0.3) is 5.76 Å². The highest BCUT2D eigenvalue weighted by atomic mass is 32.2. The van der Waals surface area contributed by atoms with E-state index in [0.717, 1.165) is 11.8 Å². The topological polar surface area (TPSA) is 122 Å². The van der Waals surface area contributed by atoms with E-state index in [9.17, 15) is 13.2 Å². The number of aryl methyl sites for hydroxylation is 1. The summed E-state index contributed by atoms with van der Waals surface area (Å²) in [5, 5.41) is 9.25. The van der Waals surface area contributed by atoms with Gasteiger partial charge in [-0.25, -0.2) is 0 Å². The average molecular weight is 309 g/mol. The van der Waals surface area contributed by atoms with E-state index in [1.54, 1.807) is 12.1 Å². The molecule has 21 heavy (non-hydrogen) atoms. The molecule has 1 amide bonds. The van der Waals surface area contributed by atoms with Gasteiger partial charge in [-0.3, -0.25) is 15.5 Å². The van der Waals surface area contributed by atoms with Crippen molar-refractivity contribution in [3.8, 4) is 0 Å². The number of fused-ring (bicyclic) bond motifs is 1. The predicted molar refractivity (Wildman–Crippen MR) is 77.7 cm³/mol. The molecule has 4 N–H and O–H groups in total. The third-order valence-electron chi connectivity index (χ3n) is 2.94. The Balaban J connectivity index is 2.54. The summed E-state index contributed by atoms with van der Waals surface area (Å²) in [7, 11) is -3.78. The van der Waals surface area contributed by atoms with Crippen LogP contribution in [0.15, 0.2) is 29.8 Å². The van der Waals surface area contributed by atoms with Gasteiger partial charge >= 0.3 is 10.1 Å². The normalized spacial score (nSPS) is 14.3. The molecule has 0 fully saturated rings. The lowest BCUT2D eigenvalue weighted by atomic mass is 9.90. The molecule has 0 radical (unpaired) electrons. The van der Waals surface area contributed by atoms with E-state index in [-0.39, 0.29) is 11.3 Å².